The van der Waals surface area contributed by atoms with E-state index >= 15 is 0 Å². The van der Waals surface area contributed by atoms with Crippen LogP contribution >= 0.6 is 0 Å². The first kappa shape index (κ1) is 11.1. The fourth-order valence-corrected chi connectivity index (χ4v) is 1.85. The predicted octanol–water partition coefficient (Wildman–Crippen LogP) is 0.170. The zero-order valence-corrected chi connectivity index (χ0v) is 9.11. The molecule has 0 bridgehead atoms. The lowest BCUT2D eigenvalue weighted by Crippen LogP contribution is -2.36. The van der Waals surface area contributed by atoms with E-state index in [9.17, 15) is 9.59 Å². The van der Waals surface area contributed by atoms with Crippen LogP contribution in [0, 0.1) is 11.3 Å². The SMILES string of the molecule is N#CC(CCN1C(=O)CCC1=O)NC1CC1. The second-order valence-corrected chi connectivity index (χ2v) is 4.35. The van der Waals surface area contributed by atoms with E-state index in [1.54, 1.807) is 0 Å². The Morgan fingerprint density at radius 1 is 1.38 bits per heavy atom. The number of carbonyl (C=O) groups excluding carboxylic acids is 2. The molecule has 2 fully saturated rings. The van der Waals surface area contributed by atoms with Gasteiger partial charge < -0.3 is 0 Å². The Kier molecular flexibility index (Phi) is 3.20. The summed E-state index contributed by atoms with van der Waals surface area (Å²) in [6.45, 7) is 0.371. The van der Waals surface area contributed by atoms with Crippen LogP contribution in [0.2, 0.25) is 0 Å². The molecule has 1 atom stereocenters. The third-order valence-electron chi connectivity index (χ3n) is 2.97. The van der Waals surface area contributed by atoms with Gasteiger partial charge in [0.25, 0.3) is 0 Å². The van der Waals surface area contributed by atoms with E-state index in [0.717, 1.165) is 12.8 Å². The van der Waals surface area contributed by atoms with Gasteiger partial charge >= 0.3 is 0 Å². The summed E-state index contributed by atoms with van der Waals surface area (Å²) < 4.78 is 0. The number of hydrogen-bond acceptors (Lipinski definition) is 4. The second kappa shape index (κ2) is 4.62. The molecule has 1 aliphatic carbocycles. The van der Waals surface area contributed by atoms with Crippen LogP contribution < -0.4 is 5.32 Å². The van der Waals surface area contributed by atoms with Crippen molar-refractivity contribution in [3.8, 4) is 6.07 Å². The number of hydrogen-bond donors (Lipinski definition) is 1. The van der Waals surface area contributed by atoms with Crippen molar-refractivity contribution in [2.24, 2.45) is 0 Å². The molecule has 1 unspecified atom stereocenters. The number of amides is 2. The number of rotatable bonds is 5. The Bertz CT molecular complexity index is 328. The summed E-state index contributed by atoms with van der Waals surface area (Å²) >= 11 is 0. The topological polar surface area (TPSA) is 73.2 Å². The Morgan fingerprint density at radius 2 is 2.00 bits per heavy atom. The van der Waals surface area contributed by atoms with E-state index in [4.69, 9.17) is 5.26 Å². The quantitative estimate of drug-likeness (QED) is 0.672. The van der Waals surface area contributed by atoms with Crippen LogP contribution in [-0.4, -0.2) is 35.3 Å². The molecule has 2 aliphatic rings. The smallest absolute Gasteiger partial charge is 0.229 e. The average molecular weight is 221 g/mol. The predicted molar refractivity (Wildman–Crippen MR) is 56.1 cm³/mol. The maximum absolute atomic E-state index is 11.3. The molecule has 0 spiro atoms. The van der Waals surface area contributed by atoms with Gasteiger partial charge in [-0.3, -0.25) is 19.8 Å². The van der Waals surface area contributed by atoms with Crippen LogP contribution in [-0.2, 0) is 9.59 Å². The molecule has 1 saturated heterocycles. The highest BCUT2D eigenvalue weighted by Crippen LogP contribution is 2.20. The molecule has 2 amide bonds. The Balaban J connectivity index is 1.78. The third kappa shape index (κ3) is 2.58. The Hall–Kier alpha value is -1.41. The highest BCUT2D eigenvalue weighted by Gasteiger charge is 2.30. The highest BCUT2D eigenvalue weighted by molar-refractivity contribution is 6.01. The van der Waals surface area contributed by atoms with Crippen LogP contribution in [0.15, 0.2) is 0 Å². The van der Waals surface area contributed by atoms with Crippen LogP contribution in [0.3, 0.4) is 0 Å². The number of nitrogens with zero attached hydrogens (tertiary/aromatic N) is 2. The standard InChI is InChI=1S/C11H15N3O2/c12-7-9(13-8-1-2-8)5-6-14-10(15)3-4-11(14)16/h8-9,13H,1-6H2. The summed E-state index contributed by atoms with van der Waals surface area (Å²) in [7, 11) is 0. The first-order chi connectivity index (χ1) is 7.70. The number of nitrogens with one attached hydrogen (secondary N) is 1. The molecular formula is C11H15N3O2. The van der Waals surface area contributed by atoms with Crippen molar-refractivity contribution in [3.63, 3.8) is 0 Å². The van der Waals surface area contributed by atoms with Gasteiger partial charge in [-0.1, -0.05) is 0 Å². The maximum Gasteiger partial charge on any atom is 0.229 e. The van der Waals surface area contributed by atoms with Gasteiger partial charge in [0, 0.05) is 25.4 Å². The molecule has 1 heterocycles. The first-order valence-corrected chi connectivity index (χ1v) is 5.69. The van der Waals surface area contributed by atoms with Gasteiger partial charge in [0.15, 0.2) is 0 Å². The van der Waals surface area contributed by atoms with Crippen molar-refractivity contribution in [1.29, 1.82) is 5.26 Å². The zero-order valence-electron chi connectivity index (χ0n) is 9.11. The number of imide groups is 1. The Morgan fingerprint density at radius 3 is 2.50 bits per heavy atom. The maximum atomic E-state index is 11.3. The van der Waals surface area contributed by atoms with Crippen LogP contribution in [0.5, 0.6) is 0 Å². The van der Waals surface area contributed by atoms with Crippen molar-refractivity contribution in [3.05, 3.63) is 0 Å². The van der Waals surface area contributed by atoms with Crippen molar-refractivity contribution >= 4 is 11.8 Å². The monoisotopic (exact) mass is 221 g/mol. The van der Waals surface area contributed by atoms with Crippen molar-refractivity contribution in [2.75, 3.05) is 6.54 Å². The average Bonchev–Trinajstić information content (AvgIpc) is 3.03. The molecule has 1 saturated carbocycles. The van der Waals surface area contributed by atoms with Crippen LogP contribution in [0.4, 0.5) is 0 Å². The van der Waals surface area contributed by atoms with Gasteiger partial charge in [-0.15, -0.1) is 0 Å². The van der Waals surface area contributed by atoms with Gasteiger partial charge in [0.2, 0.25) is 11.8 Å². The summed E-state index contributed by atoms with van der Waals surface area (Å²) in [6, 6.07) is 2.39. The molecule has 16 heavy (non-hydrogen) atoms. The van der Waals surface area contributed by atoms with E-state index < -0.39 is 0 Å². The van der Waals surface area contributed by atoms with Crippen molar-refractivity contribution in [2.45, 2.75) is 44.2 Å². The minimum atomic E-state index is -0.242. The molecule has 0 radical (unpaired) electrons. The Labute approximate surface area is 94.4 Å². The molecule has 1 N–H and O–H groups in total. The molecule has 0 aromatic carbocycles. The first-order valence-electron chi connectivity index (χ1n) is 5.69. The van der Waals surface area contributed by atoms with E-state index in [1.165, 1.54) is 4.90 Å². The van der Waals surface area contributed by atoms with Gasteiger partial charge in [-0.25, -0.2) is 0 Å². The summed E-state index contributed by atoms with van der Waals surface area (Å²) in [5, 5.41) is 12.1. The van der Waals surface area contributed by atoms with E-state index in [2.05, 4.69) is 11.4 Å². The van der Waals surface area contributed by atoms with Gasteiger partial charge in [-0.2, -0.15) is 5.26 Å². The number of likely N-dealkylation sites (tertiary alicyclic amines) is 1. The number of carbonyl (C=O) groups is 2. The molecule has 2 rings (SSSR count). The summed E-state index contributed by atoms with van der Waals surface area (Å²) in [5.74, 6) is -0.207. The van der Waals surface area contributed by atoms with Gasteiger partial charge in [-0.05, 0) is 19.3 Å². The largest absolute Gasteiger partial charge is 0.299 e. The summed E-state index contributed by atoms with van der Waals surface area (Å²) in [6.07, 6.45) is 3.43. The molecule has 0 aromatic rings. The van der Waals surface area contributed by atoms with Crippen LogP contribution in [0.1, 0.15) is 32.1 Å². The fraction of sp³-hybridized carbons (Fsp3) is 0.727. The third-order valence-corrected chi connectivity index (χ3v) is 2.97. The van der Waals surface area contributed by atoms with Crippen LogP contribution in [0.25, 0.3) is 0 Å². The molecule has 1 aliphatic heterocycles. The molecule has 5 nitrogen and oxygen atoms in total. The van der Waals surface area contributed by atoms with Gasteiger partial charge in [0.1, 0.15) is 0 Å². The summed E-state index contributed by atoms with van der Waals surface area (Å²) in [4.78, 5) is 23.9. The van der Waals surface area contributed by atoms with E-state index in [1.807, 2.05) is 0 Å². The minimum absolute atomic E-state index is 0.104. The molecule has 0 aromatic heterocycles. The minimum Gasteiger partial charge on any atom is -0.299 e. The number of nitriles is 1. The van der Waals surface area contributed by atoms with Gasteiger partial charge in [0.05, 0.1) is 12.1 Å². The lowest BCUT2D eigenvalue weighted by molar-refractivity contribution is -0.138. The second-order valence-electron chi connectivity index (χ2n) is 4.35. The molecular weight excluding hydrogens is 206 g/mol. The summed E-state index contributed by atoms with van der Waals surface area (Å²) in [5.41, 5.74) is 0. The zero-order chi connectivity index (χ0) is 11.5. The van der Waals surface area contributed by atoms with Crippen molar-refractivity contribution in [1.82, 2.24) is 10.2 Å². The van der Waals surface area contributed by atoms with E-state index in [-0.39, 0.29) is 17.9 Å². The lowest BCUT2D eigenvalue weighted by Gasteiger charge is -2.16. The lowest BCUT2D eigenvalue weighted by atomic mass is 10.2. The highest BCUT2D eigenvalue weighted by atomic mass is 16.2. The fourth-order valence-electron chi connectivity index (χ4n) is 1.85. The molecule has 5 heteroatoms. The van der Waals surface area contributed by atoms with Crippen molar-refractivity contribution < 1.29 is 9.59 Å². The normalized spacial score (nSPS) is 22.3. The van der Waals surface area contributed by atoms with E-state index in [0.29, 0.717) is 31.8 Å². The molecule has 86 valence electrons.